The van der Waals surface area contributed by atoms with Crippen LogP contribution in [0.1, 0.15) is 0 Å². The molecule has 0 aromatic heterocycles. The molecule has 16 heavy (non-hydrogen) atoms. The van der Waals surface area contributed by atoms with Crippen LogP contribution < -0.4 is 11.1 Å². The van der Waals surface area contributed by atoms with E-state index in [1.54, 1.807) is 12.1 Å². The van der Waals surface area contributed by atoms with Gasteiger partial charge in [-0.25, -0.2) is 9.59 Å². The van der Waals surface area contributed by atoms with Crippen molar-refractivity contribution in [1.82, 2.24) is 0 Å². The van der Waals surface area contributed by atoms with Crippen molar-refractivity contribution >= 4 is 17.9 Å². The van der Waals surface area contributed by atoms with Gasteiger partial charge in [-0.3, -0.25) is 5.32 Å². The van der Waals surface area contributed by atoms with Gasteiger partial charge < -0.3 is 15.2 Å². The normalized spacial score (nSPS) is 8.12. The molecule has 0 radical (unpaired) electrons. The van der Waals surface area contributed by atoms with Crippen molar-refractivity contribution in [3.05, 3.63) is 30.3 Å². The Morgan fingerprint density at radius 2 is 1.62 bits per heavy atom. The highest BCUT2D eigenvalue weighted by Crippen LogP contribution is 2.04. The Morgan fingerprint density at radius 3 is 2.00 bits per heavy atom. The SMILES string of the molecule is COC(=O)Nc1ccccc1.COC(N)=O. The predicted molar refractivity (Wildman–Crippen MR) is 59.1 cm³/mol. The third-order valence-electron chi connectivity index (χ3n) is 1.41. The first kappa shape index (κ1) is 13.8. The number of carbonyl (C=O) groups excluding carboxylic acids is 2. The van der Waals surface area contributed by atoms with Crippen molar-refractivity contribution in [3.8, 4) is 0 Å². The molecule has 0 fully saturated rings. The zero-order chi connectivity index (χ0) is 12.4. The first-order chi connectivity index (χ1) is 7.60. The molecular weight excluding hydrogens is 212 g/mol. The average molecular weight is 226 g/mol. The highest BCUT2D eigenvalue weighted by atomic mass is 16.5. The molecule has 0 atom stereocenters. The molecule has 0 heterocycles. The molecule has 6 nitrogen and oxygen atoms in total. The second-order valence-electron chi connectivity index (χ2n) is 2.51. The molecule has 6 heteroatoms. The molecule has 0 aliphatic heterocycles. The molecule has 3 N–H and O–H groups in total. The number of rotatable bonds is 1. The number of ether oxygens (including phenoxy) is 2. The largest absolute Gasteiger partial charge is 0.453 e. The average Bonchev–Trinajstić information content (AvgIpc) is 2.31. The molecular formula is C10H14N2O4. The molecule has 0 spiro atoms. The van der Waals surface area contributed by atoms with Crippen molar-refractivity contribution in [1.29, 1.82) is 0 Å². The minimum atomic E-state index is -0.745. The molecule has 2 amide bonds. The summed E-state index contributed by atoms with van der Waals surface area (Å²) < 4.78 is 8.29. The van der Waals surface area contributed by atoms with Crippen molar-refractivity contribution in [3.63, 3.8) is 0 Å². The lowest BCUT2D eigenvalue weighted by Gasteiger charge is -2.01. The molecule has 0 bridgehead atoms. The summed E-state index contributed by atoms with van der Waals surface area (Å²) in [6, 6.07) is 9.13. The maximum Gasteiger partial charge on any atom is 0.411 e. The summed E-state index contributed by atoms with van der Waals surface area (Å²) in [5.74, 6) is 0. The molecule has 0 saturated carbocycles. The molecule has 0 aliphatic carbocycles. The molecule has 1 rings (SSSR count). The lowest BCUT2D eigenvalue weighted by atomic mass is 10.3. The van der Waals surface area contributed by atoms with E-state index in [0.717, 1.165) is 5.69 Å². The molecule has 1 aromatic rings. The fourth-order valence-corrected chi connectivity index (χ4v) is 0.690. The van der Waals surface area contributed by atoms with Crippen LogP contribution in [0.25, 0.3) is 0 Å². The quantitative estimate of drug-likeness (QED) is 0.760. The van der Waals surface area contributed by atoms with Crippen LogP contribution in [-0.4, -0.2) is 26.4 Å². The number of benzene rings is 1. The van der Waals surface area contributed by atoms with Crippen molar-refractivity contribution in [2.45, 2.75) is 0 Å². The second-order valence-corrected chi connectivity index (χ2v) is 2.51. The van der Waals surface area contributed by atoms with Gasteiger partial charge in [-0.05, 0) is 12.1 Å². The van der Waals surface area contributed by atoms with Crippen LogP contribution in [0, 0.1) is 0 Å². The monoisotopic (exact) mass is 226 g/mol. The molecule has 0 unspecified atom stereocenters. The number of hydrogen-bond acceptors (Lipinski definition) is 4. The van der Waals surface area contributed by atoms with Gasteiger partial charge in [0, 0.05) is 5.69 Å². The number of para-hydroxylation sites is 1. The Balaban J connectivity index is 0.000000385. The number of anilines is 1. The van der Waals surface area contributed by atoms with Gasteiger partial charge in [-0.1, -0.05) is 18.2 Å². The Hall–Kier alpha value is -2.24. The number of methoxy groups -OCH3 is 2. The smallest absolute Gasteiger partial charge is 0.411 e. The van der Waals surface area contributed by atoms with E-state index >= 15 is 0 Å². The number of hydrogen-bond donors (Lipinski definition) is 2. The maximum atomic E-state index is 10.6. The lowest BCUT2D eigenvalue weighted by Crippen LogP contribution is -2.10. The van der Waals surface area contributed by atoms with E-state index < -0.39 is 12.2 Å². The third kappa shape index (κ3) is 7.19. The van der Waals surface area contributed by atoms with E-state index in [2.05, 4.69) is 20.5 Å². The van der Waals surface area contributed by atoms with Crippen LogP contribution in [0.4, 0.5) is 15.3 Å². The standard InChI is InChI=1S/C8H9NO2.C2H5NO2/c1-11-8(10)9-7-5-3-2-4-6-7;1-5-2(3)4/h2-6H,1H3,(H,9,10);1H3,(H2,3,4). The fourth-order valence-electron chi connectivity index (χ4n) is 0.690. The third-order valence-corrected chi connectivity index (χ3v) is 1.41. The van der Waals surface area contributed by atoms with E-state index in [0.29, 0.717) is 0 Å². The summed E-state index contributed by atoms with van der Waals surface area (Å²) in [4.78, 5) is 20.0. The van der Waals surface area contributed by atoms with Crippen LogP contribution in [0.15, 0.2) is 30.3 Å². The zero-order valence-corrected chi connectivity index (χ0v) is 9.10. The summed E-state index contributed by atoms with van der Waals surface area (Å²) in [6.07, 6.45) is -1.19. The highest BCUT2D eigenvalue weighted by Gasteiger charge is 1.96. The molecule has 88 valence electrons. The van der Waals surface area contributed by atoms with Crippen LogP contribution in [-0.2, 0) is 9.47 Å². The van der Waals surface area contributed by atoms with E-state index in [-0.39, 0.29) is 0 Å². The number of carbonyl (C=O) groups is 2. The minimum Gasteiger partial charge on any atom is -0.453 e. The summed E-state index contributed by atoms with van der Waals surface area (Å²) in [6.45, 7) is 0. The first-order valence-corrected chi connectivity index (χ1v) is 4.33. The molecule has 1 aromatic carbocycles. The maximum absolute atomic E-state index is 10.6. The zero-order valence-electron chi connectivity index (χ0n) is 9.10. The van der Waals surface area contributed by atoms with Crippen LogP contribution in [0.2, 0.25) is 0 Å². The van der Waals surface area contributed by atoms with E-state index in [9.17, 15) is 9.59 Å². The topological polar surface area (TPSA) is 90.7 Å². The van der Waals surface area contributed by atoms with Gasteiger partial charge in [0.05, 0.1) is 14.2 Å². The first-order valence-electron chi connectivity index (χ1n) is 4.33. The van der Waals surface area contributed by atoms with Gasteiger partial charge in [0.2, 0.25) is 0 Å². The minimum absolute atomic E-state index is 0.448. The van der Waals surface area contributed by atoms with Crippen molar-refractivity contribution < 1.29 is 19.1 Å². The summed E-state index contributed by atoms with van der Waals surface area (Å²) >= 11 is 0. The van der Waals surface area contributed by atoms with E-state index in [4.69, 9.17) is 0 Å². The summed E-state index contributed by atoms with van der Waals surface area (Å²) in [5.41, 5.74) is 5.17. The number of nitrogens with one attached hydrogen (secondary N) is 1. The Kier molecular flexibility index (Phi) is 6.97. The number of amides is 2. The summed E-state index contributed by atoms with van der Waals surface area (Å²) in [5, 5.41) is 2.53. The van der Waals surface area contributed by atoms with Crippen molar-refractivity contribution in [2.24, 2.45) is 5.73 Å². The second kappa shape index (κ2) is 8.10. The predicted octanol–water partition coefficient (Wildman–Crippen LogP) is 1.58. The van der Waals surface area contributed by atoms with Crippen LogP contribution in [0.5, 0.6) is 0 Å². The van der Waals surface area contributed by atoms with Crippen molar-refractivity contribution in [2.75, 3.05) is 19.5 Å². The van der Waals surface area contributed by atoms with Crippen LogP contribution >= 0.6 is 0 Å². The van der Waals surface area contributed by atoms with Gasteiger partial charge in [0.25, 0.3) is 0 Å². The van der Waals surface area contributed by atoms with Gasteiger partial charge in [0.1, 0.15) is 0 Å². The van der Waals surface area contributed by atoms with Gasteiger partial charge in [0.15, 0.2) is 0 Å². The molecule has 0 aliphatic rings. The number of primary amides is 1. The van der Waals surface area contributed by atoms with E-state index in [1.807, 2.05) is 18.2 Å². The lowest BCUT2D eigenvalue weighted by molar-refractivity contribution is 0.182. The van der Waals surface area contributed by atoms with Crippen LogP contribution in [0.3, 0.4) is 0 Å². The highest BCUT2D eigenvalue weighted by molar-refractivity contribution is 5.84. The Morgan fingerprint density at radius 1 is 1.12 bits per heavy atom. The molecule has 0 saturated heterocycles. The number of nitrogens with two attached hydrogens (primary N) is 1. The Labute approximate surface area is 93.3 Å². The van der Waals surface area contributed by atoms with Gasteiger partial charge >= 0.3 is 12.2 Å². The van der Waals surface area contributed by atoms with E-state index in [1.165, 1.54) is 14.2 Å². The van der Waals surface area contributed by atoms with Gasteiger partial charge in [-0.2, -0.15) is 0 Å². The summed E-state index contributed by atoms with van der Waals surface area (Å²) in [7, 11) is 2.56. The van der Waals surface area contributed by atoms with Gasteiger partial charge in [-0.15, -0.1) is 0 Å². The fraction of sp³-hybridized carbons (Fsp3) is 0.200. The Bertz CT molecular complexity index is 327.